The van der Waals surface area contributed by atoms with Crippen LogP contribution < -0.4 is 5.32 Å². The van der Waals surface area contributed by atoms with Crippen molar-refractivity contribution in [2.75, 3.05) is 26.2 Å². The number of amides is 2. The van der Waals surface area contributed by atoms with Crippen molar-refractivity contribution in [3.8, 4) is 0 Å². The minimum Gasteiger partial charge on any atom is -0.371 e. The van der Waals surface area contributed by atoms with Crippen molar-refractivity contribution in [1.29, 1.82) is 0 Å². The Kier molecular flexibility index (Phi) is 4.98. The lowest BCUT2D eigenvalue weighted by Crippen LogP contribution is -2.66. The molecule has 2 aliphatic heterocycles. The smallest absolute Gasteiger partial charge is 0.254 e. The Morgan fingerprint density at radius 1 is 1.16 bits per heavy atom. The van der Waals surface area contributed by atoms with E-state index in [1.54, 1.807) is 24.5 Å². The van der Waals surface area contributed by atoms with Gasteiger partial charge in [0.2, 0.25) is 0 Å². The van der Waals surface area contributed by atoms with Gasteiger partial charge in [0.15, 0.2) is 0 Å². The van der Waals surface area contributed by atoms with Crippen molar-refractivity contribution in [2.24, 2.45) is 13.0 Å². The van der Waals surface area contributed by atoms with Gasteiger partial charge in [0.05, 0.1) is 13.1 Å². The van der Waals surface area contributed by atoms with Gasteiger partial charge in [0.1, 0.15) is 5.60 Å². The molecule has 7 heteroatoms. The molecule has 2 saturated heterocycles. The summed E-state index contributed by atoms with van der Waals surface area (Å²) in [4.78, 5) is 31.0. The first-order valence-electron chi connectivity index (χ1n) is 10.7. The molecular weight excluding hydrogens is 392 g/mol. The van der Waals surface area contributed by atoms with Crippen LogP contribution in [0.5, 0.6) is 0 Å². The zero-order chi connectivity index (χ0) is 21.4. The fourth-order valence-corrected chi connectivity index (χ4v) is 4.85. The zero-order valence-corrected chi connectivity index (χ0v) is 17.6. The molecule has 4 heterocycles. The quantitative estimate of drug-likeness (QED) is 0.691. The molecule has 1 unspecified atom stereocenters. The highest BCUT2D eigenvalue weighted by Gasteiger charge is 2.54. The van der Waals surface area contributed by atoms with Crippen molar-refractivity contribution in [3.05, 3.63) is 66.1 Å². The topological polar surface area (TPSA) is 76.5 Å². The number of likely N-dealkylation sites (tertiary alicyclic amines) is 1. The van der Waals surface area contributed by atoms with Gasteiger partial charge in [-0.05, 0) is 55.2 Å². The average Bonchev–Trinajstić information content (AvgIpc) is 3.36. The first kappa shape index (κ1) is 19.8. The third kappa shape index (κ3) is 3.59. The molecule has 1 spiro atoms. The van der Waals surface area contributed by atoms with E-state index >= 15 is 0 Å². The molecule has 1 atom stereocenters. The number of hydrogen-bond donors (Lipinski definition) is 1. The summed E-state index contributed by atoms with van der Waals surface area (Å²) in [6.07, 6.45) is 7.04. The number of hydrogen-bond acceptors (Lipinski definition) is 4. The van der Waals surface area contributed by atoms with Crippen LogP contribution in [0, 0.1) is 5.92 Å². The number of nitrogens with zero attached hydrogens (tertiary/aromatic N) is 3. The Hall–Kier alpha value is -3.19. The molecule has 2 fully saturated rings. The highest BCUT2D eigenvalue weighted by Crippen LogP contribution is 2.42. The lowest BCUT2D eigenvalue weighted by Gasteiger charge is -2.50. The monoisotopic (exact) mass is 418 g/mol. The first-order valence-corrected chi connectivity index (χ1v) is 10.7. The fraction of sp³-hybridized carbons (Fsp3) is 0.375. The van der Waals surface area contributed by atoms with Crippen LogP contribution in [-0.4, -0.2) is 58.1 Å². The molecule has 0 bridgehead atoms. The van der Waals surface area contributed by atoms with Crippen LogP contribution in [0.4, 0.5) is 0 Å². The predicted molar refractivity (Wildman–Crippen MR) is 117 cm³/mol. The Morgan fingerprint density at radius 2 is 1.97 bits per heavy atom. The van der Waals surface area contributed by atoms with E-state index in [-0.39, 0.29) is 17.4 Å². The minimum absolute atomic E-state index is 0.0524. The van der Waals surface area contributed by atoms with Crippen molar-refractivity contribution in [2.45, 2.75) is 18.4 Å². The molecule has 31 heavy (non-hydrogen) atoms. The van der Waals surface area contributed by atoms with E-state index in [2.05, 4.69) is 10.3 Å². The number of ether oxygens (including phenoxy) is 1. The van der Waals surface area contributed by atoms with Crippen LogP contribution in [0.25, 0.3) is 10.9 Å². The second kappa shape index (κ2) is 7.81. The molecule has 1 N–H and O–H groups in total. The van der Waals surface area contributed by atoms with Gasteiger partial charge in [-0.3, -0.25) is 14.6 Å². The van der Waals surface area contributed by atoms with Crippen LogP contribution in [0.15, 0.2) is 55.0 Å². The Bertz CT molecular complexity index is 1120. The third-order valence-corrected chi connectivity index (χ3v) is 6.66. The Morgan fingerprint density at radius 3 is 2.77 bits per heavy atom. The highest BCUT2D eigenvalue weighted by atomic mass is 16.5. The number of nitrogens with one attached hydrogen (secondary N) is 1. The summed E-state index contributed by atoms with van der Waals surface area (Å²) in [5.74, 6) is 0.305. The number of benzene rings is 1. The molecule has 160 valence electrons. The van der Waals surface area contributed by atoms with Gasteiger partial charge in [-0.25, -0.2) is 0 Å². The molecule has 0 aliphatic carbocycles. The molecule has 3 aromatic rings. The number of aryl methyl sites for hydroxylation is 1. The van der Waals surface area contributed by atoms with E-state index in [0.29, 0.717) is 43.3 Å². The van der Waals surface area contributed by atoms with Gasteiger partial charge in [0, 0.05) is 60.8 Å². The molecule has 1 aromatic carbocycles. The summed E-state index contributed by atoms with van der Waals surface area (Å²) in [6.45, 7) is 2.53. The summed E-state index contributed by atoms with van der Waals surface area (Å²) < 4.78 is 8.15. The molecule has 2 amide bonds. The number of carbonyl (C=O) groups is 2. The van der Waals surface area contributed by atoms with Crippen LogP contribution in [0.1, 0.15) is 33.6 Å². The van der Waals surface area contributed by atoms with E-state index in [1.165, 1.54) is 0 Å². The lowest BCUT2D eigenvalue weighted by molar-refractivity contribution is -0.117. The van der Waals surface area contributed by atoms with Gasteiger partial charge in [0.25, 0.3) is 11.8 Å². The van der Waals surface area contributed by atoms with Gasteiger partial charge >= 0.3 is 0 Å². The first-order chi connectivity index (χ1) is 15.1. The van der Waals surface area contributed by atoms with Gasteiger partial charge < -0.3 is 19.5 Å². The normalized spacial score (nSPS) is 19.5. The van der Waals surface area contributed by atoms with Crippen molar-refractivity contribution < 1.29 is 14.3 Å². The van der Waals surface area contributed by atoms with Crippen molar-refractivity contribution in [1.82, 2.24) is 19.8 Å². The molecule has 2 aromatic heterocycles. The van der Waals surface area contributed by atoms with Crippen molar-refractivity contribution >= 4 is 22.7 Å². The Balaban J connectivity index is 1.17. The van der Waals surface area contributed by atoms with E-state index in [0.717, 1.165) is 23.7 Å². The largest absolute Gasteiger partial charge is 0.371 e. The minimum atomic E-state index is -0.270. The van der Waals surface area contributed by atoms with E-state index in [4.69, 9.17) is 4.74 Å². The fourth-order valence-electron chi connectivity index (χ4n) is 4.85. The van der Waals surface area contributed by atoms with Crippen LogP contribution in [-0.2, 0) is 11.8 Å². The summed E-state index contributed by atoms with van der Waals surface area (Å²) in [7, 11) is 2.00. The number of aromatic nitrogens is 2. The molecule has 0 saturated carbocycles. The van der Waals surface area contributed by atoms with Crippen LogP contribution in [0.2, 0.25) is 0 Å². The van der Waals surface area contributed by atoms with Gasteiger partial charge in [-0.1, -0.05) is 0 Å². The summed E-state index contributed by atoms with van der Waals surface area (Å²) in [5.41, 5.74) is 2.17. The lowest BCUT2D eigenvalue weighted by atomic mass is 9.78. The molecular formula is C24H26N4O3. The highest BCUT2D eigenvalue weighted by molar-refractivity contribution is 5.98. The predicted octanol–water partition coefficient (Wildman–Crippen LogP) is 2.62. The second-order valence-electron chi connectivity index (χ2n) is 8.54. The summed E-state index contributed by atoms with van der Waals surface area (Å²) >= 11 is 0. The summed E-state index contributed by atoms with van der Waals surface area (Å²) in [6, 6.07) is 11.3. The van der Waals surface area contributed by atoms with E-state index < -0.39 is 0 Å². The second-order valence-corrected chi connectivity index (χ2v) is 8.54. The van der Waals surface area contributed by atoms with Crippen LogP contribution in [0.3, 0.4) is 0 Å². The average molecular weight is 418 g/mol. The number of rotatable bonds is 5. The molecule has 7 nitrogen and oxygen atoms in total. The summed E-state index contributed by atoms with van der Waals surface area (Å²) in [5, 5.41) is 4.06. The molecule has 2 aliphatic rings. The number of carbonyl (C=O) groups excluding carboxylic acids is 2. The number of pyridine rings is 1. The van der Waals surface area contributed by atoms with Crippen LogP contribution >= 0.6 is 0 Å². The molecule has 5 rings (SSSR count). The Labute approximate surface area is 181 Å². The standard InChI is InChI=1S/C24H26N4O3/c1-27-12-7-18-14-19(2-3-21(18)27)23(30)28-15-24(16-28)20(8-13-31-24)6-11-26-22(29)17-4-9-25-10-5-17/h2-5,7,9-10,12,14,20H,6,8,11,13,15-16H2,1H3,(H,26,29). The maximum absolute atomic E-state index is 13.0. The van der Waals surface area contributed by atoms with E-state index in [9.17, 15) is 9.59 Å². The maximum atomic E-state index is 13.0. The van der Waals surface area contributed by atoms with Crippen molar-refractivity contribution in [3.63, 3.8) is 0 Å². The SMILES string of the molecule is Cn1ccc2cc(C(=O)N3CC4(C3)OCCC4CCNC(=O)c3ccncc3)ccc21. The number of fused-ring (bicyclic) bond motifs is 1. The van der Waals surface area contributed by atoms with Gasteiger partial charge in [-0.15, -0.1) is 0 Å². The zero-order valence-electron chi connectivity index (χ0n) is 17.6. The van der Waals surface area contributed by atoms with E-state index in [1.807, 2.05) is 47.0 Å². The third-order valence-electron chi connectivity index (χ3n) is 6.66. The maximum Gasteiger partial charge on any atom is 0.254 e. The van der Waals surface area contributed by atoms with Gasteiger partial charge in [-0.2, -0.15) is 0 Å². The molecule has 0 radical (unpaired) electrons.